The highest BCUT2D eigenvalue weighted by atomic mass is 35.5. The van der Waals surface area contributed by atoms with Gasteiger partial charge in [0.15, 0.2) is 0 Å². The number of benzene rings is 1. The smallest absolute Gasteiger partial charge is 0.230 e. The van der Waals surface area contributed by atoms with Crippen molar-refractivity contribution in [1.82, 2.24) is 4.90 Å². The molecule has 5 heteroatoms. The molecule has 1 aliphatic heterocycles. The molecule has 0 aromatic heterocycles. The first-order valence-corrected chi connectivity index (χ1v) is 7.81. The largest absolute Gasteiger partial charge is 0.381 e. The summed E-state index contributed by atoms with van der Waals surface area (Å²) in [6.07, 6.45) is 1.41. The zero-order chi connectivity index (χ0) is 15.3. The Balaban J connectivity index is 2.14. The minimum atomic E-state index is -0.465. The number of ether oxygens (including phenoxy) is 1. The number of carbonyl (C=O) groups is 1. The topological polar surface area (TPSA) is 55.6 Å². The van der Waals surface area contributed by atoms with Gasteiger partial charge in [-0.1, -0.05) is 23.7 Å². The summed E-state index contributed by atoms with van der Waals surface area (Å²) >= 11 is 6.01. The standard InChI is InChI=1S/C16H23ClN2O2/c1-2-19(11-13-4-3-5-14(17)10-13)15(20)16(12-18)6-8-21-9-7-16/h3-5,10H,2,6-9,11-12,18H2,1H3. The molecule has 0 radical (unpaired) electrons. The lowest BCUT2D eigenvalue weighted by Crippen LogP contribution is -2.50. The quantitative estimate of drug-likeness (QED) is 0.909. The summed E-state index contributed by atoms with van der Waals surface area (Å²) in [7, 11) is 0. The van der Waals surface area contributed by atoms with E-state index in [1.165, 1.54) is 0 Å². The summed E-state index contributed by atoms with van der Waals surface area (Å²) in [5, 5.41) is 0.690. The third-order valence-corrected chi connectivity index (χ3v) is 4.46. The van der Waals surface area contributed by atoms with Gasteiger partial charge in [-0.25, -0.2) is 0 Å². The first kappa shape index (κ1) is 16.3. The maximum atomic E-state index is 12.9. The predicted octanol–water partition coefficient (Wildman–Crippen LogP) is 2.44. The second-order valence-corrected chi connectivity index (χ2v) is 5.98. The first-order chi connectivity index (χ1) is 10.1. The Morgan fingerprint density at radius 3 is 2.71 bits per heavy atom. The fraction of sp³-hybridized carbons (Fsp3) is 0.562. The monoisotopic (exact) mass is 310 g/mol. The number of nitrogens with zero attached hydrogens (tertiary/aromatic N) is 1. The molecule has 0 aliphatic carbocycles. The van der Waals surface area contributed by atoms with Crippen molar-refractivity contribution >= 4 is 17.5 Å². The van der Waals surface area contributed by atoms with Crippen LogP contribution in [0.3, 0.4) is 0 Å². The second-order valence-electron chi connectivity index (χ2n) is 5.55. The van der Waals surface area contributed by atoms with Crippen molar-refractivity contribution < 1.29 is 9.53 Å². The Morgan fingerprint density at radius 1 is 1.43 bits per heavy atom. The Labute approximate surface area is 131 Å². The van der Waals surface area contributed by atoms with Crippen LogP contribution in [-0.4, -0.2) is 37.1 Å². The molecule has 1 aromatic rings. The summed E-state index contributed by atoms with van der Waals surface area (Å²) in [5.74, 6) is 0.135. The van der Waals surface area contributed by atoms with E-state index in [0.717, 1.165) is 5.56 Å². The summed E-state index contributed by atoms with van der Waals surface area (Å²) in [5.41, 5.74) is 6.50. The van der Waals surface area contributed by atoms with Gasteiger partial charge in [-0.05, 0) is 37.5 Å². The van der Waals surface area contributed by atoms with Gasteiger partial charge in [0.2, 0.25) is 5.91 Å². The van der Waals surface area contributed by atoms with Crippen molar-refractivity contribution in [2.24, 2.45) is 11.1 Å². The molecule has 1 fully saturated rings. The number of hydrogen-bond donors (Lipinski definition) is 1. The normalized spacial score (nSPS) is 17.5. The molecule has 1 aliphatic rings. The van der Waals surface area contributed by atoms with Crippen molar-refractivity contribution in [2.75, 3.05) is 26.3 Å². The van der Waals surface area contributed by atoms with E-state index in [9.17, 15) is 4.79 Å². The predicted molar refractivity (Wildman–Crippen MR) is 84.1 cm³/mol. The van der Waals surface area contributed by atoms with Crippen molar-refractivity contribution in [1.29, 1.82) is 0 Å². The Morgan fingerprint density at radius 2 is 2.14 bits per heavy atom. The molecular weight excluding hydrogens is 288 g/mol. The van der Waals surface area contributed by atoms with E-state index in [-0.39, 0.29) is 5.91 Å². The van der Waals surface area contributed by atoms with E-state index in [1.807, 2.05) is 36.1 Å². The molecule has 0 bridgehead atoms. The highest BCUT2D eigenvalue weighted by Crippen LogP contribution is 2.32. The molecule has 0 saturated carbocycles. The van der Waals surface area contributed by atoms with Crippen LogP contribution in [-0.2, 0) is 16.1 Å². The first-order valence-electron chi connectivity index (χ1n) is 7.43. The highest BCUT2D eigenvalue weighted by Gasteiger charge is 2.41. The van der Waals surface area contributed by atoms with E-state index in [2.05, 4.69) is 0 Å². The zero-order valence-corrected chi connectivity index (χ0v) is 13.2. The maximum Gasteiger partial charge on any atom is 0.230 e. The highest BCUT2D eigenvalue weighted by molar-refractivity contribution is 6.30. The number of hydrogen-bond acceptors (Lipinski definition) is 3. The third kappa shape index (κ3) is 3.76. The third-order valence-electron chi connectivity index (χ3n) is 4.23. The SMILES string of the molecule is CCN(Cc1cccc(Cl)c1)C(=O)C1(CN)CCOCC1. The van der Waals surface area contributed by atoms with E-state index in [1.54, 1.807) is 0 Å². The van der Waals surface area contributed by atoms with Crippen LogP contribution in [0.25, 0.3) is 0 Å². The summed E-state index contributed by atoms with van der Waals surface area (Å²) in [6, 6.07) is 7.63. The van der Waals surface area contributed by atoms with Crippen LogP contribution < -0.4 is 5.73 Å². The van der Waals surface area contributed by atoms with Crippen LogP contribution in [0.15, 0.2) is 24.3 Å². The van der Waals surface area contributed by atoms with Gasteiger partial charge >= 0.3 is 0 Å². The second kappa shape index (κ2) is 7.25. The van der Waals surface area contributed by atoms with Crippen LogP contribution in [0.1, 0.15) is 25.3 Å². The maximum absolute atomic E-state index is 12.9. The molecule has 2 N–H and O–H groups in total. The van der Waals surface area contributed by atoms with Crippen molar-refractivity contribution in [3.63, 3.8) is 0 Å². The van der Waals surface area contributed by atoms with Crippen LogP contribution in [0.5, 0.6) is 0 Å². The number of rotatable bonds is 5. The Kier molecular flexibility index (Phi) is 5.62. The molecule has 0 atom stereocenters. The van der Waals surface area contributed by atoms with E-state index in [0.29, 0.717) is 50.7 Å². The molecule has 116 valence electrons. The minimum Gasteiger partial charge on any atom is -0.381 e. The molecule has 0 unspecified atom stereocenters. The number of carbonyl (C=O) groups excluding carboxylic acids is 1. The molecular formula is C16H23ClN2O2. The lowest BCUT2D eigenvalue weighted by Gasteiger charge is -2.38. The van der Waals surface area contributed by atoms with Gasteiger partial charge in [-0.2, -0.15) is 0 Å². The molecule has 1 saturated heterocycles. The average Bonchev–Trinajstić information content (AvgIpc) is 2.52. The zero-order valence-electron chi connectivity index (χ0n) is 12.5. The summed E-state index contributed by atoms with van der Waals surface area (Å²) < 4.78 is 5.38. The molecule has 1 amide bonds. The number of halogens is 1. The lowest BCUT2D eigenvalue weighted by atomic mass is 9.78. The van der Waals surface area contributed by atoms with Gasteiger partial charge < -0.3 is 15.4 Å². The number of amides is 1. The van der Waals surface area contributed by atoms with Crippen LogP contribution in [0, 0.1) is 5.41 Å². The van der Waals surface area contributed by atoms with Gasteiger partial charge in [0, 0.05) is 37.9 Å². The van der Waals surface area contributed by atoms with Gasteiger partial charge in [-0.3, -0.25) is 4.79 Å². The molecule has 1 aromatic carbocycles. The summed E-state index contributed by atoms with van der Waals surface area (Å²) in [4.78, 5) is 14.8. The minimum absolute atomic E-state index is 0.135. The van der Waals surface area contributed by atoms with Gasteiger partial charge in [0.25, 0.3) is 0 Å². The van der Waals surface area contributed by atoms with Crippen molar-refractivity contribution in [3.05, 3.63) is 34.9 Å². The fourth-order valence-corrected chi connectivity index (χ4v) is 3.00. The molecule has 1 heterocycles. The fourth-order valence-electron chi connectivity index (χ4n) is 2.79. The Bertz CT molecular complexity index is 487. The molecule has 21 heavy (non-hydrogen) atoms. The Hall–Kier alpha value is -1.10. The molecule has 0 spiro atoms. The summed E-state index contributed by atoms with van der Waals surface area (Å²) in [6.45, 7) is 4.81. The van der Waals surface area contributed by atoms with Crippen molar-refractivity contribution in [3.8, 4) is 0 Å². The van der Waals surface area contributed by atoms with Crippen molar-refractivity contribution in [2.45, 2.75) is 26.3 Å². The number of nitrogens with two attached hydrogens (primary N) is 1. The van der Waals surface area contributed by atoms with Gasteiger partial charge in [-0.15, -0.1) is 0 Å². The molecule has 4 nitrogen and oxygen atoms in total. The average molecular weight is 311 g/mol. The van der Waals surface area contributed by atoms with Crippen LogP contribution in [0.2, 0.25) is 5.02 Å². The van der Waals surface area contributed by atoms with Crippen LogP contribution in [0.4, 0.5) is 0 Å². The van der Waals surface area contributed by atoms with Crippen LogP contribution >= 0.6 is 11.6 Å². The lowest BCUT2D eigenvalue weighted by molar-refractivity contribution is -0.147. The molecule has 2 rings (SSSR count). The van der Waals surface area contributed by atoms with Gasteiger partial charge in [0.05, 0.1) is 5.41 Å². The van der Waals surface area contributed by atoms with Gasteiger partial charge in [0.1, 0.15) is 0 Å². The van der Waals surface area contributed by atoms with E-state index >= 15 is 0 Å². The van der Waals surface area contributed by atoms with E-state index in [4.69, 9.17) is 22.1 Å². The van der Waals surface area contributed by atoms with E-state index < -0.39 is 5.41 Å².